The molecule has 0 saturated heterocycles. The Bertz CT molecular complexity index is 998. The number of carbonyl (C=O) groups excluding carboxylic acids is 1. The summed E-state index contributed by atoms with van der Waals surface area (Å²) in [6.45, 7) is 5.15. The van der Waals surface area contributed by atoms with Crippen LogP contribution in [0.5, 0.6) is 11.5 Å². The summed E-state index contributed by atoms with van der Waals surface area (Å²) >= 11 is 0. The van der Waals surface area contributed by atoms with Gasteiger partial charge in [-0.2, -0.15) is 10.1 Å². The Kier molecular flexibility index (Phi) is 4.62. The Labute approximate surface area is 156 Å². The van der Waals surface area contributed by atoms with E-state index in [0.717, 1.165) is 23.4 Å². The number of benzene rings is 1. The fraction of sp³-hybridized carbons (Fsp3) is 0.368. The van der Waals surface area contributed by atoms with E-state index in [-0.39, 0.29) is 5.91 Å². The van der Waals surface area contributed by atoms with Gasteiger partial charge in [0.25, 0.3) is 5.78 Å². The predicted molar refractivity (Wildman–Crippen MR) is 99.3 cm³/mol. The summed E-state index contributed by atoms with van der Waals surface area (Å²) in [5.74, 6) is 1.88. The normalized spacial score (nSPS) is 13.4. The fourth-order valence-corrected chi connectivity index (χ4v) is 3.22. The van der Waals surface area contributed by atoms with Crippen LogP contribution in [0.15, 0.2) is 24.5 Å². The Morgan fingerprint density at radius 3 is 2.89 bits per heavy atom. The Balaban J connectivity index is 1.44. The second-order valence-corrected chi connectivity index (χ2v) is 6.49. The highest BCUT2D eigenvalue weighted by Gasteiger charge is 2.14. The lowest BCUT2D eigenvalue weighted by atomic mass is 10.1. The summed E-state index contributed by atoms with van der Waals surface area (Å²) in [7, 11) is 0. The molecule has 0 spiro atoms. The van der Waals surface area contributed by atoms with Gasteiger partial charge in [0.1, 0.15) is 6.33 Å². The zero-order valence-corrected chi connectivity index (χ0v) is 15.4. The fourth-order valence-electron chi connectivity index (χ4n) is 3.22. The van der Waals surface area contributed by atoms with Crippen molar-refractivity contribution in [3.8, 4) is 11.5 Å². The van der Waals surface area contributed by atoms with Crippen molar-refractivity contribution in [1.82, 2.24) is 19.6 Å². The van der Waals surface area contributed by atoms with E-state index in [1.165, 1.54) is 6.33 Å². The van der Waals surface area contributed by atoms with Gasteiger partial charge in [0.15, 0.2) is 11.5 Å². The van der Waals surface area contributed by atoms with Crippen molar-refractivity contribution in [3.05, 3.63) is 41.5 Å². The topological polar surface area (TPSA) is 90.6 Å². The summed E-state index contributed by atoms with van der Waals surface area (Å²) in [6.07, 6.45) is 3.25. The molecular formula is C19H21N5O3. The maximum atomic E-state index is 12.4. The van der Waals surface area contributed by atoms with Gasteiger partial charge in [0.05, 0.1) is 13.2 Å². The Hall–Kier alpha value is -3.16. The molecule has 0 aliphatic carbocycles. The van der Waals surface area contributed by atoms with Gasteiger partial charge in [0, 0.05) is 36.0 Å². The first-order valence-electron chi connectivity index (χ1n) is 8.97. The molecular weight excluding hydrogens is 346 g/mol. The molecule has 27 heavy (non-hydrogen) atoms. The molecule has 0 radical (unpaired) electrons. The van der Waals surface area contributed by atoms with Crippen molar-refractivity contribution in [1.29, 1.82) is 0 Å². The van der Waals surface area contributed by atoms with Crippen LogP contribution in [0.4, 0.5) is 5.69 Å². The van der Waals surface area contributed by atoms with Gasteiger partial charge in [0.2, 0.25) is 5.91 Å². The van der Waals surface area contributed by atoms with Gasteiger partial charge >= 0.3 is 0 Å². The average Bonchev–Trinajstić information content (AvgIpc) is 2.98. The third-order valence-electron chi connectivity index (χ3n) is 4.62. The third kappa shape index (κ3) is 3.55. The van der Waals surface area contributed by atoms with Crippen LogP contribution in [0.25, 0.3) is 5.78 Å². The van der Waals surface area contributed by atoms with Crippen molar-refractivity contribution >= 4 is 17.4 Å². The second kappa shape index (κ2) is 7.22. The number of amides is 1. The Morgan fingerprint density at radius 2 is 2.04 bits per heavy atom. The van der Waals surface area contributed by atoms with Gasteiger partial charge in [-0.3, -0.25) is 4.79 Å². The van der Waals surface area contributed by atoms with E-state index in [1.54, 1.807) is 10.6 Å². The summed E-state index contributed by atoms with van der Waals surface area (Å²) in [5, 5.41) is 7.10. The van der Waals surface area contributed by atoms with E-state index >= 15 is 0 Å². The maximum absolute atomic E-state index is 12.4. The number of carbonyl (C=O) groups is 1. The van der Waals surface area contributed by atoms with Crippen LogP contribution in [0.2, 0.25) is 0 Å². The SMILES string of the molecule is Cc1nc2ncnn2c(C)c1CCC(=O)Nc1ccc2c(c1)OCCCO2. The van der Waals surface area contributed by atoms with Crippen molar-refractivity contribution in [3.63, 3.8) is 0 Å². The quantitative estimate of drug-likeness (QED) is 0.762. The van der Waals surface area contributed by atoms with Crippen molar-refractivity contribution in [2.75, 3.05) is 18.5 Å². The molecule has 2 aromatic heterocycles. The molecule has 1 aliphatic heterocycles. The van der Waals surface area contributed by atoms with Gasteiger partial charge in [-0.15, -0.1) is 0 Å². The number of nitrogens with one attached hydrogen (secondary N) is 1. The lowest BCUT2D eigenvalue weighted by molar-refractivity contribution is -0.116. The van der Waals surface area contributed by atoms with E-state index in [1.807, 2.05) is 26.0 Å². The molecule has 140 valence electrons. The molecule has 1 amide bonds. The van der Waals surface area contributed by atoms with E-state index in [0.29, 0.717) is 49.0 Å². The van der Waals surface area contributed by atoms with Crippen molar-refractivity contribution in [2.45, 2.75) is 33.1 Å². The zero-order valence-electron chi connectivity index (χ0n) is 15.4. The van der Waals surface area contributed by atoms with Crippen LogP contribution in [0.3, 0.4) is 0 Å². The van der Waals surface area contributed by atoms with Crippen molar-refractivity contribution in [2.24, 2.45) is 0 Å². The molecule has 3 heterocycles. The number of aryl methyl sites for hydroxylation is 2. The monoisotopic (exact) mass is 367 g/mol. The van der Waals surface area contributed by atoms with E-state index in [9.17, 15) is 4.79 Å². The average molecular weight is 367 g/mol. The minimum Gasteiger partial charge on any atom is -0.490 e. The molecule has 0 fully saturated rings. The van der Waals surface area contributed by atoms with Crippen LogP contribution >= 0.6 is 0 Å². The first-order valence-corrected chi connectivity index (χ1v) is 8.97. The standard InChI is InChI=1S/C19H21N5O3/c1-12-15(13(2)24-19(22-12)20-11-21-24)5-7-18(25)23-14-4-6-16-17(10-14)27-9-3-8-26-16/h4,6,10-11H,3,5,7-9H2,1-2H3,(H,23,25). The molecule has 1 aromatic carbocycles. The van der Waals surface area contributed by atoms with Gasteiger partial charge < -0.3 is 14.8 Å². The van der Waals surface area contributed by atoms with Crippen LogP contribution in [-0.4, -0.2) is 38.7 Å². The molecule has 4 rings (SSSR count). The number of anilines is 1. The highest BCUT2D eigenvalue weighted by Crippen LogP contribution is 2.32. The highest BCUT2D eigenvalue weighted by atomic mass is 16.5. The summed E-state index contributed by atoms with van der Waals surface area (Å²) in [6, 6.07) is 5.45. The largest absolute Gasteiger partial charge is 0.490 e. The number of hydrogen-bond donors (Lipinski definition) is 1. The van der Waals surface area contributed by atoms with Gasteiger partial charge in [-0.1, -0.05) is 0 Å². The van der Waals surface area contributed by atoms with E-state index in [4.69, 9.17) is 9.47 Å². The molecule has 3 aromatic rings. The summed E-state index contributed by atoms with van der Waals surface area (Å²) in [4.78, 5) is 21.0. The number of nitrogens with zero attached hydrogens (tertiary/aromatic N) is 4. The molecule has 1 N–H and O–H groups in total. The first kappa shape index (κ1) is 17.3. The molecule has 0 unspecified atom stereocenters. The lowest BCUT2D eigenvalue weighted by Gasteiger charge is -2.12. The number of hydrogen-bond acceptors (Lipinski definition) is 6. The second-order valence-electron chi connectivity index (χ2n) is 6.49. The first-order chi connectivity index (χ1) is 13.1. The third-order valence-corrected chi connectivity index (χ3v) is 4.62. The molecule has 0 saturated carbocycles. The van der Waals surface area contributed by atoms with Gasteiger partial charge in [-0.25, -0.2) is 9.50 Å². The zero-order chi connectivity index (χ0) is 18.8. The minimum absolute atomic E-state index is 0.0676. The lowest BCUT2D eigenvalue weighted by Crippen LogP contribution is -2.14. The van der Waals surface area contributed by atoms with E-state index in [2.05, 4.69) is 20.4 Å². The molecule has 8 heteroatoms. The maximum Gasteiger partial charge on any atom is 0.252 e. The molecule has 1 aliphatic rings. The molecule has 0 bridgehead atoms. The smallest absolute Gasteiger partial charge is 0.252 e. The molecule has 8 nitrogen and oxygen atoms in total. The highest BCUT2D eigenvalue weighted by molar-refractivity contribution is 5.91. The number of ether oxygens (including phenoxy) is 2. The van der Waals surface area contributed by atoms with Crippen LogP contribution < -0.4 is 14.8 Å². The van der Waals surface area contributed by atoms with Crippen LogP contribution in [-0.2, 0) is 11.2 Å². The summed E-state index contributed by atoms with van der Waals surface area (Å²) in [5.41, 5.74) is 3.54. The predicted octanol–water partition coefficient (Wildman–Crippen LogP) is 2.47. The van der Waals surface area contributed by atoms with Crippen LogP contribution in [0.1, 0.15) is 29.8 Å². The number of aromatic nitrogens is 4. The van der Waals surface area contributed by atoms with E-state index < -0.39 is 0 Å². The minimum atomic E-state index is -0.0676. The van der Waals surface area contributed by atoms with Gasteiger partial charge in [-0.05, 0) is 38.0 Å². The van der Waals surface area contributed by atoms with Crippen molar-refractivity contribution < 1.29 is 14.3 Å². The molecule has 0 atom stereocenters. The van der Waals surface area contributed by atoms with Crippen LogP contribution in [0, 0.1) is 13.8 Å². The number of fused-ring (bicyclic) bond motifs is 2. The Morgan fingerprint density at radius 1 is 1.22 bits per heavy atom. The summed E-state index contributed by atoms with van der Waals surface area (Å²) < 4.78 is 13.0. The number of rotatable bonds is 4.